The Kier molecular flexibility index (Phi) is 5.12. The molecule has 1 aromatic carbocycles. The van der Waals surface area contributed by atoms with Crippen molar-refractivity contribution in [2.75, 3.05) is 12.0 Å². The highest BCUT2D eigenvalue weighted by molar-refractivity contribution is 7.89. The highest BCUT2D eigenvalue weighted by Crippen LogP contribution is 2.35. The molecule has 2 aromatic heterocycles. The Hall–Kier alpha value is -3.88. The number of carbonyl (C=O) groups excluding carboxylic acids is 2. The van der Waals surface area contributed by atoms with Gasteiger partial charge in [0.25, 0.3) is 11.8 Å². The molecular weight excluding hydrogens is 439 g/mol. The third kappa shape index (κ3) is 3.55. The van der Waals surface area contributed by atoms with Gasteiger partial charge in [0.2, 0.25) is 15.8 Å². The van der Waals surface area contributed by atoms with E-state index < -0.39 is 27.5 Å². The number of sulfonamides is 1. The standard InChI is InChI=1S/C21H15FN4O5S/c1-3-12-6-11(4-5-17(12)32(23,29)30)10-26-18-13(7-16(27)21(26)28)9-24-19-14(18)8-15(22)20(25-19)31-2/h1,4-6,8-9H,7,10H2,2H3,(H2,23,29,30). The van der Waals surface area contributed by atoms with E-state index in [0.29, 0.717) is 11.1 Å². The summed E-state index contributed by atoms with van der Waals surface area (Å²) >= 11 is 0. The molecule has 4 rings (SSSR count). The molecule has 1 amide bonds. The highest BCUT2D eigenvalue weighted by atomic mass is 32.2. The normalized spacial score (nSPS) is 13.8. The van der Waals surface area contributed by atoms with E-state index in [1.165, 1.54) is 36.4 Å². The van der Waals surface area contributed by atoms with Crippen LogP contribution in [0.15, 0.2) is 35.4 Å². The molecule has 0 aliphatic carbocycles. The number of nitrogens with zero attached hydrogens (tertiary/aromatic N) is 3. The Morgan fingerprint density at radius 1 is 1.31 bits per heavy atom. The van der Waals surface area contributed by atoms with Gasteiger partial charge in [-0.15, -0.1) is 6.42 Å². The summed E-state index contributed by atoms with van der Waals surface area (Å²) in [6.45, 7) is -0.135. The smallest absolute Gasteiger partial charge is 0.295 e. The van der Waals surface area contributed by atoms with Crippen molar-refractivity contribution in [3.8, 4) is 18.2 Å². The Labute approximate surface area is 182 Å². The maximum atomic E-state index is 14.4. The van der Waals surface area contributed by atoms with Crippen LogP contribution in [0.3, 0.4) is 0 Å². The average Bonchev–Trinajstić information content (AvgIpc) is 2.75. The number of anilines is 1. The van der Waals surface area contributed by atoms with Crippen molar-refractivity contribution in [1.82, 2.24) is 9.97 Å². The number of ketones is 1. The number of fused-ring (bicyclic) bond motifs is 3. The zero-order chi connectivity index (χ0) is 23.2. The molecule has 2 N–H and O–H groups in total. The highest BCUT2D eigenvalue weighted by Gasteiger charge is 2.34. The Balaban J connectivity index is 1.87. The Morgan fingerprint density at radius 3 is 2.72 bits per heavy atom. The van der Waals surface area contributed by atoms with Gasteiger partial charge in [0.15, 0.2) is 11.5 Å². The maximum absolute atomic E-state index is 14.4. The van der Waals surface area contributed by atoms with Gasteiger partial charge in [-0.2, -0.15) is 4.98 Å². The lowest BCUT2D eigenvalue weighted by Crippen LogP contribution is -2.41. The molecule has 9 nitrogen and oxygen atoms in total. The van der Waals surface area contributed by atoms with Gasteiger partial charge < -0.3 is 9.64 Å². The first kappa shape index (κ1) is 21.4. The molecule has 0 unspecified atom stereocenters. The minimum absolute atomic E-state index is 0.0121. The van der Waals surface area contributed by atoms with Crippen LogP contribution in [0, 0.1) is 18.2 Å². The van der Waals surface area contributed by atoms with E-state index in [4.69, 9.17) is 16.3 Å². The van der Waals surface area contributed by atoms with E-state index in [0.717, 1.165) is 6.07 Å². The lowest BCUT2D eigenvalue weighted by Gasteiger charge is -2.29. The number of rotatable bonds is 4. The molecule has 162 valence electrons. The van der Waals surface area contributed by atoms with E-state index in [2.05, 4.69) is 15.9 Å². The minimum Gasteiger partial charge on any atom is -0.479 e. The van der Waals surface area contributed by atoms with E-state index in [9.17, 15) is 22.4 Å². The number of pyridine rings is 2. The van der Waals surface area contributed by atoms with E-state index >= 15 is 0 Å². The van der Waals surface area contributed by atoms with Crippen molar-refractivity contribution >= 4 is 38.4 Å². The molecule has 3 heterocycles. The number of nitrogens with two attached hydrogens (primary N) is 1. The number of terminal acetylenes is 1. The fraction of sp³-hybridized carbons (Fsp3) is 0.143. The molecular formula is C21H15FN4O5S. The molecule has 3 aromatic rings. The van der Waals surface area contributed by atoms with Gasteiger partial charge in [-0.1, -0.05) is 12.0 Å². The van der Waals surface area contributed by atoms with Crippen molar-refractivity contribution in [1.29, 1.82) is 0 Å². The van der Waals surface area contributed by atoms with Crippen LogP contribution in [-0.2, 0) is 32.6 Å². The van der Waals surface area contributed by atoms with Crippen molar-refractivity contribution in [3.63, 3.8) is 0 Å². The summed E-state index contributed by atoms with van der Waals surface area (Å²) < 4.78 is 42.7. The number of methoxy groups -OCH3 is 1. The number of halogens is 1. The number of Topliss-reactive ketones (excluding diaryl/α,β-unsaturated/α-hetero) is 1. The monoisotopic (exact) mass is 454 g/mol. The van der Waals surface area contributed by atoms with Crippen LogP contribution in [0.2, 0.25) is 0 Å². The van der Waals surface area contributed by atoms with Crippen LogP contribution in [0.1, 0.15) is 16.7 Å². The number of primary sulfonamides is 1. The number of ether oxygens (including phenoxy) is 1. The molecule has 0 saturated carbocycles. The minimum atomic E-state index is -4.05. The summed E-state index contributed by atoms with van der Waals surface area (Å²) in [5, 5.41) is 5.40. The fourth-order valence-corrected chi connectivity index (χ4v) is 4.25. The molecule has 0 atom stereocenters. The lowest BCUT2D eigenvalue weighted by atomic mass is 9.98. The summed E-state index contributed by atoms with van der Waals surface area (Å²) in [7, 11) is -2.79. The largest absolute Gasteiger partial charge is 0.479 e. The maximum Gasteiger partial charge on any atom is 0.295 e. The zero-order valence-electron chi connectivity index (χ0n) is 16.6. The first-order valence-corrected chi connectivity index (χ1v) is 10.7. The summed E-state index contributed by atoms with van der Waals surface area (Å²) in [4.78, 5) is 34.2. The topological polar surface area (TPSA) is 133 Å². The van der Waals surface area contributed by atoms with Crippen LogP contribution in [0.25, 0.3) is 11.0 Å². The Bertz CT molecular complexity index is 1460. The number of hydrogen-bond acceptors (Lipinski definition) is 7. The second-order valence-corrected chi connectivity index (χ2v) is 8.52. The molecule has 0 bridgehead atoms. The third-order valence-electron chi connectivity index (χ3n) is 4.97. The molecule has 0 radical (unpaired) electrons. The van der Waals surface area contributed by atoms with Gasteiger partial charge in [0.05, 0.1) is 24.2 Å². The number of benzene rings is 1. The van der Waals surface area contributed by atoms with Crippen LogP contribution in [-0.4, -0.2) is 37.2 Å². The molecule has 1 aliphatic heterocycles. The zero-order valence-corrected chi connectivity index (χ0v) is 17.4. The van der Waals surface area contributed by atoms with Crippen molar-refractivity contribution in [3.05, 3.63) is 53.0 Å². The third-order valence-corrected chi connectivity index (χ3v) is 5.94. The van der Waals surface area contributed by atoms with Crippen molar-refractivity contribution in [2.24, 2.45) is 5.14 Å². The van der Waals surface area contributed by atoms with Gasteiger partial charge in [-0.05, 0) is 23.8 Å². The summed E-state index contributed by atoms with van der Waals surface area (Å²) in [5.41, 5.74) is 1.28. The fourth-order valence-electron chi connectivity index (χ4n) is 3.57. The van der Waals surface area contributed by atoms with Crippen molar-refractivity contribution in [2.45, 2.75) is 17.9 Å². The molecule has 0 fully saturated rings. The number of amides is 1. The average molecular weight is 454 g/mol. The predicted octanol–water partition coefficient (Wildman–Crippen LogP) is 1.06. The van der Waals surface area contributed by atoms with Gasteiger partial charge in [-0.25, -0.2) is 22.9 Å². The quantitative estimate of drug-likeness (QED) is 0.460. The van der Waals surface area contributed by atoms with Gasteiger partial charge >= 0.3 is 0 Å². The summed E-state index contributed by atoms with van der Waals surface area (Å²) in [6, 6.07) is 5.18. The Morgan fingerprint density at radius 2 is 2.06 bits per heavy atom. The second-order valence-electron chi connectivity index (χ2n) is 6.99. The molecule has 0 saturated heterocycles. The van der Waals surface area contributed by atoms with Crippen molar-refractivity contribution < 1.29 is 27.1 Å². The molecule has 1 aliphatic rings. The van der Waals surface area contributed by atoms with Crippen LogP contribution < -0.4 is 14.8 Å². The van der Waals surface area contributed by atoms with Crippen LogP contribution in [0.5, 0.6) is 5.88 Å². The van der Waals surface area contributed by atoms with Crippen LogP contribution in [0.4, 0.5) is 10.1 Å². The number of hydrogen-bond donors (Lipinski definition) is 1. The first-order valence-electron chi connectivity index (χ1n) is 9.13. The van der Waals surface area contributed by atoms with Gasteiger partial charge in [0, 0.05) is 29.1 Å². The predicted molar refractivity (Wildman–Crippen MR) is 112 cm³/mol. The van der Waals surface area contributed by atoms with E-state index in [1.807, 2.05) is 0 Å². The van der Waals surface area contributed by atoms with Gasteiger partial charge in [0.1, 0.15) is 0 Å². The first-order chi connectivity index (χ1) is 15.1. The summed E-state index contributed by atoms with van der Waals surface area (Å²) in [5.74, 6) is -0.234. The summed E-state index contributed by atoms with van der Waals surface area (Å²) in [6.07, 6.45) is 6.62. The van der Waals surface area contributed by atoms with Crippen LogP contribution >= 0.6 is 0 Å². The van der Waals surface area contributed by atoms with Gasteiger partial charge in [-0.3, -0.25) is 9.59 Å². The van der Waals surface area contributed by atoms with E-state index in [1.54, 1.807) is 0 Å². The molecule has 0 spiro atoms. The van der Waals surface area contributed by atoms with E-state index in [-0.39, 0.29) is 46.0 Å². The molecule has 32 heavy (non-hydrogen) atoms. The molecule has 11 heteroatoms. The number of carbonyl (C=O) groups is 2. The second kappa shape index (κ2) is 7.67. The lowest BCUT2D eigenvalue weighted by molar-refractivity contribution is -0.136. The SMILES string of the molecule is C#Cc1cc(CN2C(=O)C(=O)Cc3cnc4nc(OC)c(F)cc4c32)ccc1S(N)(=O)=O. The number of aromatic nitrogens is 2.